The molecule has 0 bridgehead atoms. The van der Waals surface area contributed by atoms with Crippen molar-refractivity contribution in [3.8, 4) is 0 Å². The van der Waals surface area contributed by atoms with Gasteiger partial charge in [-0.15, -0.1) is 24.8 Å². The molecule has 0 aliphatic heterocycles. The Balaban J connectivity index is 0. The van der Waals surface area contributed by atoms with E-state index in [1.165, 1.54) is 11.1 Å². The maximum atomic E-state index is 2.29. The minimum absolute atomic E-state index is 0. The Labute approximate surface area is 108 Å². The topological polar surface area (TPSA) is 0 Å². The maximum Gasteiger partial charge on any atom is -0.147 e. The number of aryl methyl sites for hydroxylation is 1. The fourth-order valence-corrected chi connectivity index (χ4v) is 1.96. The molecule has 0 saturated heterocycles. The van der Waals surface area contributed by atoms with E-state index in [0.29, 0.717) is 3.12 Å². The van der Waals surface area contributed by atoms with Gasteiger partial charge in [-0.1, -0.05) is 0 Å². The van der Waals surface area contributed by atoms with Crippen molar-refractivity contribution < 1.29 is 24.7 Å². The summed E-state index contributed by atoms with van der Waals surface area (Å²) in [6.45, 7) is 6.75. The summed E-state index contributed by atoms with van der Waals surface area (Å²) < 4.78 is 0.373. The zero-order chi connectivity index (χ0) is 8.48. The van der Waals surface area contributed by atoms with Crippen LogP contribution < -0.4 is 0 Å². The van der Waals surface area contributed by atoms with Crippen molar-refractivity contribution in [2.45, 2.75) is 23.9 Å². The molecule has 0 N–H and O–H groups in total. The summed E-state index contributed by atoms with van der Waals surface area (Å²) in [5.41, 5.74) is 2.90. The maximum absolute atomic E-state index is 2.29. The first-order valence-electron chi connectivity index (χ1n) is 3.83. The molecule has 1 rings (SSSR count). The van der Waals surface area contributed by atoms with Crippen molar-refractivity contribution in [2.75, 3.05) is 0 Å². The minimum Gasteiger partial charge on any atom is -0.147 e. The first kappa shape index (κ1) is 16.1. The van der Waals surface area contributed by atoms with Gasteiger partial charge in [0.2, 0.25) is 0 Å². The smallest absolute Gasteiger partial charge is 0.147 e. The van der Waals surface area contributed by atoms with E-state index in [4.69, 9.17) is 0 Å². The summed E-state index contributed by atoms with van der Waals surface area (Å²) in [7, 11) is 0. The predicted molar refractivity (Wildman–Crippen MR) is 58.7 cm³/mol. The van der Waals surface area contributed by atoms with Gasteiger partial charge >= 0.3 is 84.0 Å². The van der Waals surface area contributed by atoms with Gasteiger partial charge in [0.1, 0.15) is 0 Å². The van der Waals surface area contributed by atoms with Gasteiger partial charge in [-0.3, -0.25) is 0 Å². The molecule has 13 heavy (non-hydrogen) atoms. The van der Waals surface area contributed by atoms with Gasteiger partial charge in [-0.2, -0.15) is 0 Å². The molecule has 0 aromatic heterocycles. The van der Waals surface area contributed by atoms with E-state index >= 15 is 0 Å². The van der Waals surface area contributed by atoms with Gasteiger partial charge in [-0.05, 0) is 0 Å². The van der Waals surface area contributed by atoms with Crippen LogP contribution in [-0.4, -0.2) is 0 Å². The predicted octanol–water partition coefficient (Wildman–Crippen LogP) is 3.62. The van der Waals surface area contributed by atoms with E-state index in [1.54, 1.807) is 24.7 Å². The Morgan fingerprint density at radius 2 is 1.54 bits per heavy atom. The van der Waals surface area contributed by atoms with Crippen molar-refractivity contribution in [3.63, 3.8) is 0 Å². The summed E-state index contributed by atoms with van der Waals surface area (Å²) >= 11 is 1.58. The number of hydrogen-bond acceptors (Lipinski definition) is 0. The first-order valence-corrected chi connectivity index (χ1v) is 5.06. The van der Waals surface area contributed by atoms with Crippen LogP contribution in [0.1, 0.15) is 25.0 Å². The molecular weight excluding hydrogens is 282 g/mol. The Morgan fingerprint density at radius 3 is 1.85 bits per heavy atom. The van der Waals surface area contributed by atoms with Crippen LogP contribution in [0.4, 0.5) is 0 Å². The molecule has 0 fully saturated rings. The summed E-state index contributed by atoms with van der Waals surface area (Å²) in [5, 5.41) is 0. The summed E-state index contributed by atoms with van der Waals surface area (Å²) in [6, 6.07) is 8.62. The molecule has 0 radical (unpaired) electrons. The number of hydrogen-bond donors (Lipinski definition) is 0. The van der Waals surface area contributed by atoms with E-state index in [9.17, 15) is 0 Å². The summed E-state index contributed by atoms with van der Waals surface area (Å²) in [6.07, 6.45) is 0. The van der Waals surface area contributed by atoms with Crippen LogP contribution in [0.3, 0.4) is 0 Å². The van der Waals surface area contributed by atoms with Gasteiger partial charge < -0.3 is 0 Å². The minimum atomic E-state index is 0. The number of rotatable bonds is 1. The van der Waals surface area contributed by atoms with Crippen molar-refractivity contribution >= 4 is 24.8 Å². The average Bonchev–Trinajstić information content (AvgIpc) is 1.86. The van der Waals surface area contributed by atoms with Crippen LogP contribution in [0.2, 0.25) is 0 Å². The van der Waals surface area contributed by atoms with Crippen molar-refractivity contribution in [2.24, 2.45) is 0 Å². The van der Waals surface area contributed by atoms with E-state index in [0.717, 1.165) is 0 Å². The Kier molecular flexibility index (Phi) is 7.72. The van der Waals surface area contributed by atoms with Crippen LogP contribution in [0, 0.1) is 6.92 Å². The Bertz CT molecular complexity index is 253. The molecule has 0 heterocycles. The van der Waals surface area contributed by atoms with E-state index in [2.05, 4.69) is 45.0 Å². The average molecular weight is 297 g/mol. The second-order valence-corrected chi connectivity index (χ2v) is 6.51. The number of benzene rings is 1. The van der Waals surface area contributed by atoms with E-state index in [-0.39, 0.29) is 24.8 Å². The first-order chi connectivity index (χ1) is 5.02. The molecule has 0 unspecified atom stereocenters. The van der Waals surface area contributed by atoms with E-state index in [1.807, 2.05) is 0 Å². The van der Waals surface area contributed by atoms with Crippen LogP contribution >= 0.6 is 24.8 Å². The third kappa shape index (κ3) is 4.63. The van der Waals surface area contributed by atoms with Gasteiger partial charge in [-0.25, -0.2) is 0 Å². The molecule has 0 aliphatic carbocycles. The molecule has 0 nitrogen and oxygen atoms in total. The van der Waals surface area contributed by atoms with Gasteiger partial charge in [0.15, 0.2) is 0 Å². The van der Waals surface area contributed by atoms with E-state index < -0.39 is 0 Å². The molecular formula is C10H15Cl2Zr. The second-order valence-electron chi connectivity index (χ2n) is 3.44. The van der Waals surface area contributed by atoms with Crippen molar-refractivity contribution in [1.29, 1.82) is 0 Å². The fourth-order valence-electron chi connectivity index (χ4n) is 1.27. The van der Waals surface area contributed by atoms with Crippen LogP contribution in [-0.2, 0) is 27.8 Å². The summed E-state index contributed by atoms with van der Waals surface area (Å²) in [4.78, 5) is 0. The molecule has 0 atom stereocenters. The normalized spacial score (nSPS) is 9.69. The zero-order valence-corrected chi connectivity index (χ0v) is 12.2. The van der Waals surface area contributed by atoms with Crippen molar-refractivity contribution in [3.05, 3.63) is 35.4 Å². The third-order valence-electron chi connectivity index (χ3n) is 1.82. The third-order valence-corrected chi connectivity index (χ3v) is 2.48. The Morgan fingerprint density at radius 1 is 1.08 bits per heavy atom. The largest absolute Gasteiger partial charge is 0.147 e. The van der Waals surface area contributed by atoms with Crippen LogP contribution in [0.25, 0.3) is 0 Å². The van der Waals surface area contributed by atoms with Gasteiger partial charge in [0, 0.05) is 0 Å². The van der Waals surface area contributed by atoms with Crippen molar-refractivity contribution in [1.82, 2.24) is 0 Å². The molecule has 73 valence electrons. The van der Waals surface area contributed by atoms with Gasteiger partial charge in [0.05, 0.1) is 0 Å². The molecule has 0 saturated carbocycles. The molecule has 0 spiro atoms. The molecule has 0 aliphatic rings. The Hall–Kier alpha value is 0.683. The monoisotopic (exact) mass is 295 g/mol. The zero-order valence-electron chi connectivity index (χ0n) is 8.13. The standard InChI is InChI=1S/C10H13.2ClH.Zr/c1-8(2)10-7-5-4-6-9(10)3;;;/h4-7H,1-3H3;2*1H;. The SMILES string of the molecule is Cc1ccccc1[C](C)(C)[Zr].Cl.Cl. The molecule has 3 heteroatoms. The quantitative estimate of drug-likeness (QED) is 0.743. The number of halogens is 2. The molecule has 0 amide bonds. The van der Waals surface area contributed by atoms with Gasteiger partial charge in [0.25, 0.3) is 0 Å². The summed E-state index contributed by atoms with van der Waals surface area (Å²) in [5.74, 6) is 0. The second kappa shape index (κ2) is 6.22. The van der Waals surface area contributed by atoms with Crippen LogP contribution in [0.5, 0.6) is 0 Å². The molecule has 1 aromatic rings. The fraction of sp³-hybridized carbons (Fsp3) is 0.400. The molecule has 1 aromatic carbocycles. The van der Waals surface area contributed by atoms with Crippen LogP contribution in [0.15, 0.2) is 24.3 Å².